The van der Waals surface area contributed by atoms with E-state index < -0.39 is 35.3 Å². The largest absolute Gasteiger partial charge is 0.481 e. The van der Waals surface area contributed by atoms with Crippen LogP contribution in [0.15, 0.2) is 91.4 Å². The number of aliphatic hydroxyl groups excluding tert-OH is 1. The number of likely N-dealkylation sites (N-methyl/N-ethyl adjacent to an activating group) is 1. The highest BCUT2D eigenvalue weighted by molar-refractivity contribution is 6.35. The number of hydrogen-bond donors (Lipinski definition) is 6. The molecule has 370 valence electrons. The van der Waals surface area contributed by atoms with Crippen molar-refractivity contribution < 1.29 is 48.3 Å². The van der Waals surface area contributed by atoms with Crippen molar-refractivity contribution in [3.63, 3.8) is 0 Å². The summed E-state index contributed by atoms with van der Waals surface area (Å²) in [5.41, 5.74) is 4.97. The summed E-state index contributed by atoms with van der Waals surface area (Å²) in [5, 5.41) is 22.5. The summed E-state index contributed by atoms with van der Waals surface area (Å²) in [7, 11) is 4.09. The van der Waals surface area contributed by atoms with Crippen molar-refractivity contribution in [2.24, 2.45) is 11.8 Å². The average molecular weight is 952 g/mol. The number of aromatic nitrogens is 3. The molecule has 6 rings (SSSR count). The third kappa shape index (κ3) is 19.3. The number of ether oxygens (including phenoxy) is 4. The summed E-state index contributed by atoms with van der Waals surface area (Å²) < 4.78 is 21.4. The highest BCUT2D eigenvalue weighted by Gasteiger charge is 2.30. The van der Waals surface area contributed by atoms with Crippen LogP contribution in [0.2, 0.25) is 0 Å². The molecular weight excluding hydrogens is 876 g/mol. The smallest absolute Gasteiger partial charge is 0.376 e. The number of aliphatic carboxylic acids is 1. The van der Waals surface area contributed by atoms with Crippen LogP contribution in [0.5, 0.6) is 0 Å². The first-order valence-electron chi connectivity index (χ1n) is 21.7. The van der Waals surface area contributed by atoms with Crippen LogP contribution in [-0.2, 0) is 57.4 Å². The van der Waals surface area contributed by atoms with E-state index in [0.717, 1.165) is 56.5 Å². The number of para-hydroxylation sites is 3. The topological polar surface area (TPSA) is 205 Å². The molecule has 3 aromatic carbocycles. The molecule has 3 atom stereocenters. The Morgan fingerprint density at radius 1 is 0.597 bits per heavy atom. The lowest BCUT2D eigenvalue weighted by atomic mass is 9.99. The van der Waals surface area contributed by atoms with Crippen molar-refractivity contribution in [1.82, 2.24) is 20.3 Å². The number of ketones is 1. The first kappa shape index (κ1) is 59.5. The van der Waals surface area contributed by atoms with Crippen molar-refractivity contribution in [2.45, 2.75) is 112 Å². The Labute approximate surface area is 402 Å². The van der Waals surface area contributed by atoms with Gasteiger partial charge in [0.2, 0.25) is 0 Å². The predicted molar refractivity (Wildman–Crippen MR) is 270 cm³/mol. The molecule has 3 heterocycles. The number of rotatable bonds is 15. The summed E-state index contributed by atoms with van der Waals surface area (Å²) in [4.78, 5) is 57.1. The number of aliphatic hydroxyl groups is 1. The van der Waals surface area contributed by atoms with Crippen molar-refractivity contribution in [3.8, 4) is 0 Å². The molecule has 0 aliphatic carbocycles. The van der Waals surface area contributed by atoms with Crippen molar-refractivity contribution in [2.75, 3.05) is 34.5 Å². The van der Waals surface area contributed by atoms with Gasteiger partial charge in [-0.3, -0.25) is 14.4 Å². The third-order valence-electron chi connectivity index (χ3n) is 9.97. The van der Waals surface area contributed by atoms with E-state index in [1.165, 1.54) is 7.11 Å². The quantitative estimate of drug-likeness (QED) is 0.0423. The lowest BCUT2D eigenvalue weighted by molar-refractivity contribution is -0.163. The summed E-state index contributed by atoms with van der Waals surface area (Å²) in [6, 6.07) is 23.2. The number of esters is 2. The maximum atomic E-state index is 12.3. The molecule has 6 N–H and O–H groups in total. The highest BCUT2D eigenvalue weighted by Crippen LogP contribution is 2.25. The van der Waals surface area contributed by atoms with Gasteiger partial charge in [0.05, 0.1) is 49.4 Å². The normalized spacial score (nSPS) is 12.6. The molecule has 0 spiro atoms. The molecule has 6 aromatic rings. The van der Waals surface area contributed by atoms with Crippen LogP contribution >= 0.6 is 12.4 Å². The number of carbonyl (C=O) groups is 4. The Balaban J connectivity index is 0.000000486. The number of aromatic amines is 3. The zero-order valence-corrected chi connectivity index (χ0v) is 41.3. The molecule has 0 radical (unpaired) electrons. The molecule has 0 amide bonds. The second-order valence-corrected chi connectivity index (χ2v) is 18.5. The summed E-state index contributed by atoms with van der Waals surface area (Å²) in [6.07, 6.45) is 7.22. The van der Waals surface area contributed by atoms with E-state index in [-0.39, 0.29) is 49.5 Å². The first-order chi connectivity index (χ1) is 30.6. The number of hydrogen-bond acceptors (Lipinski definition) is 10. The van der Waals surface area contributed by atoms with Gasteiger partial charge in [-0.1, -0.05) is 62.0 Å². The first-order valence-corrected chi connectivity index (χ1v) is 21.7. The lowest BCUT2D eigenvalue weighted by Gasteiger charge is -2.23. The minimum absolute atomic E-state index is 0. The zero-order chi connectivity index (χ0) is 48.5. The fraction of sp³-hybridized carbons (Fsp3) is 0.462. The Kier molecular flexibility index (Phi) is 24.3. The van der Waals surface area contributed by atoms with Gasteiger partial charge in [0, 0.05) is 58.4 Å². The van der Waals surface area contributed by atoms with E-state index in [0.29, 0.717) is 25.9 Å². The molecule has 0 saturated heterocycles. The number of Topliss-reactive ketones (excluding diaryl/α,β-unsaturated/α-hetero) is 1. The Bertz CT molecular complexity index is 2430. The minimum Gasteiger partial charge on any atom is -0.481 e. The number of methoxy groups -OCH3 is 1. The monoisotopic (exact) mass is 951 g/mol. The Hall–Kier alpha value is -5.51. The molecule has 0 fully saturated rings. The van der Waals surface area contributed by atoms with E-state index in [1.807, 2.05) is 127 Å². The van der Waals surface area contributed by atoms with Gasteiger partial charge in [0.1, 0.15) is 5.60 Å². The maximum Gasteiger partial charge on any atom is 0.376 e. The minimum atomic E-state index is -0.820. The molecule has 2 unspecified atom stereocenters. The number of carboxylic acid groups (broad SMARTS) is 1. The molecule has 67 heavy (non-hydrogen) atoms. The third-order valence-corrected chi connectivity index (χ3v) is 9.97. The van der Waals surface area contributed by atoms with Gasteiger partial charge in [-0.25, -0.2) is 4.79 Å². The van der Waals surface area contributed by atoms with Crippen LogP contribution in [0, 0.1) is 11.8 Å². The van der Waals surface area contributed by atoms with Crippen molar-refractivity contribution in [3.05, 3.63) is 108 Å². The van der Waals surface area contributed by atoms with Crippen LogP contribution in [0.1, 0.15) is 86.4 Å². The number of benzene rings is 3. The zero-order valence-electron chi connectivity index (χ0n) is 40.5. The van der Waals surface area contributed by atoms with Gasteiger partial charge in [0.25, 0.3) is 5.78 Å². The molecular formula is C52H75ClN4O10. The summed E-state index contributed by atoms with van der Waals surface area (Å²) in [5.74, 6) is -3.24. The van der Waals surface area contributed by atoms with Gasteiger partial charge in [-0.2, -0.15) is 0 Å². The lowest BCUT2D eigenvalue weighted by Crippen LogP contribution is -2.43. The molecule has 0 aliphatic heterocycles. The molecule has 0 saturated carbocycles. The maximum absolute atomic E-state index is 12.3. The van der Waals surface area contributed by atoms with Gasteiger partial charge in [0.15, 0.2) is 0 Å². The molecule has 14 nitrogen and oxygen atoms in total. The Morgan fingerprint density at radius 2 is 0.955 bits per heavy atom. The van der Waals surface area contributed by atoms with Gasteiger partial charge >= 0.3 is 17.9 Å². The van der Waals surface area contributed by atoms with Crippen LogP contribution < -0.4 is 5.32 Å². The highest BCUT2D eigenvalue weighted by atomic mass is 35.5. The molecule has 3 aromatic heterocycles. The van der Waals surface area contributed by atoms with Crippen molar-refractivity contribution in [1.29, 1.82) is 0 Å². The number of nitrogens with one attached hydrogen (secondary N) is 4. The van der Waals surface area contributed by atoms with E-state index in [2.05, 4.69) is 26.3 Å². The van der Waals surface area contributed by atoms with E-state index in [4.69, 9.17) is 24.1 Å². The van der Waals surface area contributed by atoms with E-state index >= 15 is 0 Å². The molecule has 0 bridgehead atoms. The number of fused-ring (bicyclic) bond motifs is 3. The molecule has 0 aliphatic rings. The van der Waals surface area contributed by atoms with Crippen LogP contribution in [-0.4, -0.2) is 106 Å². The Morgan fingerprint density at radius 3 is 1.30 bits per heavy atom. The molecule has 15 heteroatoms. The summed E-state index contributed by atoms with van der Waals surface area (Å²) >= 11 is 0. The van der Waals surface area contributed by atoms with Crippen molar-refractivity contribution >= 4 is 68.8 Å². The van der Waals surface area contributed by atoms with Crippen LogP contribution in [0.25, 0.3) is 32.7 Å². The fourth-order valence-electron chi connectivity index (χ4n) is 6.74. The SMILES string of the molecule is C.CC(C)(C)OCC(Cc1c[nH]c2ccccc12)C(=O)O.CN[C@@H](Cc1c[nH]c2ccccc12)C(=O)C(=O)OC(C)(C)C.CO.COC(=O)C(COC(C)(C)C)Cc1c[nH]c2ccccc12.Cl. The standard InChI is InChI=1S/C17H22N2O3.C17H23NO3.C16H21NO3.CH4O.CH4.ClH/c1-17(2,3)22-16(21)15(20)14(18-4)9-11-10-19-13-8-6-5-7-12(11)13;1-17(2,3)21-11-13(16(19)20-4)9-12-10-18-15-8-6-5-7-14(12)15;1-16(2,3)20-10-12(15(18)19)8-11-9-17-14-7-5-4-6-13(11)14;1-2;;/h5-8,10,14,18-19H,9H2,1-4H3;5-8,10,13,18H,9,11H2,1-4H3;4-7,9,12,17H,8,10H2,1-3H3,(H,18,19);2H,1H3;1H4;1H/t14-;;;;;/m0...../s1. The van der Waals surface area contributed by atoms with Gasteiger partial charge < -0.3 is 49.4 Å². The predicted octanol–water partition coefficient (Wildman–Crippen LogP) is 9.42. The average Bonchev–Trinajstić information content (AvgIpc) is 3.99. The fourth-order valence-corrected chi connectivity index (χ4v) is 6.74. The number of halogens is 1. The number of carboxylic acids is 1. The second kappa shape index (κ2) is 27.3. The number of carbonyl (C=O) groups excluding carboxylic acids is 3. The van der Waals surface area contributed by atoms with E-state index in [9.17, 15) is 24.3 Å². The second-order valence-electron chi connectivity index (χ2n) is 18.5. The van der Waals surface area contributed by atoms with E-state index in [1.54, 1.807) is 27.8 Å². The van der Waals surface area contributed by atoms with Crippen LogP contribution in [0.4, 0.5) is 0 Å². The summed E-state index contributed by atoms with van der Waals surface area (Å²) in [6.45, 7) is 17.5. The van der Waals surface area contributed by atoms with Gasteiger partial charge in [-0.15, -0.1) is 12.4 Å². The number of H-pyrrole nitrogens is 3. The van der Waals surface area contributed by atoms with Gasteiger partial charge in [-0.05, 0) is 124 Å². The van der Waals surface area contributed by atoms with Crippen LogP contribution in [0.3, 0.4) is 0 Å².